The van der Waals surface area contributed by atoms with Crippen LogP contribution in [0.2, 0.25) is 0 Å². The van der Waals surface area contributed by atoms with E-state index in [9.17, 15) is 9.59 Å². The monoisotopic (exact) mass is 458 g/mol. The largest absolute Gasteiger partial charge is 0.333 e. The summed E-state index contributed by atoms with van der Waals surface area (Å²) in [6, 6.07) is 15.4. The molecule has 3 heterocycles. The molecule has 0 spiro atoms. The Morgan fingerprint density at radius 1 is 1.00 bits per heavy atom. The molecule has 0 bridgehead atoms. The fraction of sp³-hybridized carbons (Fsp3) is 0.423. The van der Waals surface area contributed by atoms with Gasteiger partial charge in [-0.2, -0.15) is 0 Å². The first-order valence-corrected chi connectivity index (χ1v) is 12.2. The zero-order valence-electron chi connectivity index (χ0n) is 19.6. The summed E-state index contributed by atoms with van der Waals surface area (Å²) < 4.78 is 3.56. The quantitative estimate of drug-likeness (QED) is 0.391. The lowest BCUT2D eigenvalue weighted by atomic mass is 10.0. The van der Waals surface area contributed by atoms with Crippen molar-refractivity contribution in [2.24, 2.45) is 7.05 Å². The van der Waals surface area contributed by atoms with Gasteiger partial charge in [0.05, 0.1) is 22.5 Å². The molecule has 0 N–H and O–H groups in total. The second kappa shape index (κ2) is 9.75. The van der Waals surface area contributed by atoms with Gasteiger partial charge in [0.25, 0.3) is 5.56 Å². The molecule has 1 aliphatic rings. The van der Waals surface area contributed by atoms with Gasteiger partial charge in [-0.3, -0.25) is 9.59 Å². The number of unbranched alkanes of at least 4 members (excludes halogenated alkanes) is 2. The van der Waals surface area contributed by atoms with E-state index < -0.39 is 0 Å². The average Bonchev–Trinajstić information content (AvgIpc) is 3.21. The normalized spacial score (nSPS) is 16.4. The van der Waals surface area contributed by atoms with Crippen molar-refractivity contribution >= 4 is 27.8 Å². The highest BCUT2D eigenvalue weighted by Crippen LogP contribution is 2.32. The number of benzene rings is 2. The Bertz CT molecular complexity index is 1370. The van der Waals surface area contributed by atoms with Crippen LogP contribution in [0.1, 0.15) is 56.8 Å². The standard InChI is InChI=1S/C26H30N6O2/c1-30-22-14-7-6-13-21(22)27-25(30)23-15-8-10-17-31(23)24(33)16-3-2-9-18-32-26(34)19-11-4-5-12-20(19)28-29-32/h4-7,11-14,23H,2-3,8-10,15-18H2,1H3/t23-/m1/s1. The Morgan fingerprint density at radius 2 is 1.79 bits per heavy atom. The Balaban J connectivity index is 1.18. The zero-order valence-corrected chi connectivity index (χ0v) is 19.6. The summed E-state index contributed by atoms with van der Waals surface area (Å²) in [6.45, 7) is 1.30. The number of hydrogen-bond acceptors (Lipinski definition) is 5. The van der Waals surface area contributed by atoms with Crippen molar-refractivity contribution in [3.05, 3.63) is 64.7 Å². The number of likely N-dealkylation sites (tertiary alicyclic amines) is 1. The summed E-state index contributed by atoms with van der Waals surface area (Å²) in [5.41, 5.74) is 2.58. The molecule has 1 saturated heterocycles. The zero-order chi connectivity index (χ0) is 23.5. The van der Waals surface area contributed by atoms with Crippen LogP contribution < -0.4 is 5.56 Å². The van der Waals surface area contributed by atoms with Crippen molar-refractivity contribution in [3.63, 3.8) is 0 Å². The van der Waals surface area contributed by atoms with E-state index in [4.69, 9.17) is 4.98 Å². The number of aromatic nitrogens is 5. The molecule has 0 aliphatic carbocycles. The molecule has 1 amide bonds. The summed E-state index contributed by atoms with van der Waals surface area (Å²) in [5.74, 6) is 1.17. The number of para-hydroxylation sites is 2. The molecule has 176 valence electrons. The number of hydrogen-bond donors (Lipinski definition) is 0. The first kappa shape index (κ1) is 22.3. The third-order valence-electron chi connectivity index (χ3n) is 6.83. The van der Waals surface area contributed by atoms with Gasteiger partial charge in [0.1, 0.15) is 11.3 Å². The topological polar surface area (TPSA) is 85.9 Å². The lowest BCUT2D eigenvalue weighted by Crippen LogP contribution is -2.39. The highest BCUT2D eigenvalue weighted by Gasteiger charge is 2.30. The van der Waals surface area contributed by atoms with Gasteiger partial charge in [-0.25, -0.2) is 9.67 Å². The van der Waals surface area contributed by atoms with Crippen LogP contribution >= 0.6 is 0 Å². The van der Waals surface area contributed by atoms with Gasteiger partial charge in [0.15, 0.2) is 0 Å². The first-order valence-electron chi connectivity index (χ1n) is 12.2. The van der Waals surface area contributed by atoms with Crippen molar-refractivity contribution in [2.45, 2.75) is 57.5 Å². The number of nitrogens with zero attached hydrogens (tertiary/aromatic N) is 6. The highest BCUT2D eigenvalue weighted by molar-refractivity contribution is 5.78. The lowest BCUT2D eigenvalue weighted by Gasteiger charge is -2.35. The van der Waals surface area contributed by atoms with E-state index in [1.165, 1.54) is 4.68 Å². The van der Waals surface area contributed by atoms with E-state index in [1.54, 1.807) is 12.1 Å². The van der Waals surface area contributed by atoms with E-state index in [0.717, 1.165) is 61.9 Å². The average molecular weight is 459 g/mol. The molecular weight excluding hydrogens is 428 g/mol. The van der Waals surface area contributed by atoms with Crippen LogP contribution in [-0.4, -0.2) is 41.9 Å². The molecule has 34 heavy (non-hydrogen) atoms. The van der Waals surface area contributed by atoms with Crippen LogP contribution in [-0.2, 0) is 18.4 Å². The van der Waals surface area contributed by atoms with Crippen molar-refractivity contribution in [2.75, 3.05) is 6.54 Å². The van der Waals surface area contributed by atoms with Gasteiger partial charge in [0.2, 0.25) is 5.91 Å². The van der Waals surface area contributed by atoms with Crippen LogP contribution in [0.15, 0.2) is 53.3 Å². The molecule has 1 atom stereocenters. The Hall–Kier alpha value is -3.55. The van der Waals surface area contributed by atoms with Gasteiger partial charge < -0.3 is 9.47 Å². The van der Waals surface area contributed by atoms with Crippen LogP contribution in [0.5, 0.6) is 0 Å². The molecule has 8 nitrogen and oxygen atoms in total. The van der Waals surface area contributed by atoms with Crippen LogP contribution in [0.25, 0.3) is 21.9 Å². The van der Waals surface area contributed by atoms with Crippen LogP contribution in [0.3, 0.4) is 0 Å². The number of carbonyl (C=O) groups excluding carboxylic acids is 1. The molecular formula is C26H30N6O2. The number of piperidine rings is 1. The molecule has 1 aliphatic heterocycles. The van der Waals surface area contributed by atoms with E-state index in [2.05, 4.69) is 20.9 Å². The number of imidazole rings is 1. The maximum atomic E-state index is 13.2. The Labute approximate surface area is 198 Å². The molecule has 2 aromatic carbocycles. The number of amides is 1. The summed E-state index contributed by atoms with van der Waals surface area (Å²) in [4.78, 5) is 32.6. The minimum absolute atomic E-state index is 0.0325. The van der Waals surface area contributed by atoms with Gasteiger partial charge in [-0.15, -0.1) is 5.10 Å². The molecule has 0 unspecified atom stereocenters. The molecule has 8 heteroatoms. The molecule has 0 radical (unpaired) electrons. The van der Waals surface area contributed by atoms with Crippen molar-refractivity contribution < 1.29 is 4.79 Å². The highest BCUT2D eigenvalue weighted by atomic mass is 16.2. The van der Waals surface area contributed by atoms with Gasteiger partial charge in [-0.1, -0.05) is 35.9 Å². The summed E-state index contributed by atoms with van der Waals surface area (Å²) in [7, 11) is 2.04. The van der Waals surface area contributed by atoms with Crippen molar-refractivity contribution in [3.8, 4) is 0 Å². The number of fused-ring (bicyclic) bond motifs is 2. The van der Waals surface area contributed by atoms with Gasteiger partial charge in [-0.05, 0) is 56.4 Å². The minimum Gasteiger partial charge on any atom is -0.333 e. The van der Waals surface area contributed by atoms with E-state index in [-0.39, 0.29) is 17.5 Å². The summed E-state index contributed by atoms with van der Waals surface area (Å²) in [6.07, 6.45) is 6.05. The number of carbonyl (C=O) groups is 1. The fourth-order valence-corrected chi connectivity index (χ4v) is 4.99. The predicted octanol–water partition coefficient (Wildman–Crippen LogP) is 3.99. The minimum atomic E-state index is -0.111. The van der Waals surface area contributed by atoms with Crippen LogP contribution in [0, 0.1) is 0 Å². The number of aryl methyl sites for hydroxylation is 2. The van der Waals surface area contributed by atoms with E-state index in [1.807, 2.05) is 42.3 Å². The van der Waals surface area contributed by atoms with Gasteiger partial charge >= 0.3 is 0 Å². The fourth-order valence-electron chi connectivity index (χ4n) is 4.99. The lowest BCUT2D eigenvalue weighted by molar-refractivity contribution is -0.135. The third kappa shape index (κ3) is 4.32. The SMILES string of the molecule is Cn1c([C@H]2CCCCN2C(=O)CCCCCn2nnc3ccccc3c2=O)nc2ccccc21. The molecule has 1 fully saturated rings. The maximum Gasteiger partial charge on any atom is 0.277 e. The summed E-state index contributed by atoms with van der Waals surface area (Å²) in [5, 5.41) is 8.78. The molecule has 2 aromatic heterocycles. The summed E-state index contributed by atoms with van der Waals surface area (Å²) >= 11 is 0. The Morgan fingerprint density at radius 3 is 2.65 bits per heavy atom. The van der Waals surface area contributed by atoms with Gasteiger partial charge in [0, 0.05) is 26.6 Å². The van der Waals surface area contributed by atoms with E-state index >= 15 is 0 Å². The number of rotatable bonds is 7. The predicted molar refractivity (Wildman–Crippen MR) is 131 cm³/mol. The van der Waals surface area contributed by atoms with E-state index in [0.29, 0.717) is 23.9 Å². The second-order valence-electron chi connectivity index (χ2n) is 9.06. The van der Waals surface area contributed by atoms with Crippen molar-refractivity contribution in [1.29, 1.82) is 0 Å². The third-order valence-corrected chi connectivity index (χ3v) is 6.83. The van der Waals surface area contributed by atoms with Crippen LogP contribution in [0.4, 0.5) is 0 Å². The maximum absolute atomic E-state index is 13.2. The second-order valence-corrected chi connectivity index (χ2v) is 9.06. The first-order chi connectivity index (χ1) is 16.6. The van der Waals surface area contributed by atoms with Crippen molar-refractivity contribution in [1.82, 2.24) is 29.4 Å². The molecule has 5 rings (SSSR count). The molecule has 0 saturated carbocycles. The Kier molecular flexibility index (Phi) is 6.38. The smallest absolute Gasteiger partial charge is 0.277 e. The molecule has 4 aromatic rings.